The van der Waals surface area contributed by atoms with Crippen molar-refractivity contribution in [2.24, 2.45) is 0 Å². The van der Waals surface area contributed by atoms with Crippen LogP contribution in [0.25, 0.3) is 0 Å². The lowest BCUT2D eigenvalue weighted by molar-refractivity contribution is -0.143. The Morgan fingerprint density at radius 1 is 0.433 bits per heavy atom. The highest BCUT2D eigenvalue weighted by Gasteiger charge is 2.13. The molecule has 0 heterocycles. The first-order chi connectivity index (χ1) is 32.1. The van der Waals surface area contributed by atoms with Gasteiger partial charge in [0.25, 0.3) is 0 Å². The number of Topliss-reactive ketones (excluding diaryl/α,β-unsaturated/α-hetero) is 3. The van der Waals surface area contributed by atoms with Gasteiger partial charge in [-0.2, -0.15) is 0 Å². The molecule has 0 aromatic heterocycles. The minimum Gasteiger partial charge on any atom is -0.489 e. The van der Waals surface area contributed by atoms with Crippen molar-refractivity contribution in [3.63, 3.8) is 0 Å². The molecular weight excluding hydrogens is 845 g/mol. The first-order valence-corrected chi connectivity index (χ1v) is 22.3. The van der Waals surface area contributed by atoms with Crippen molar-refractivity contribution >= 4 is 29.3 Å². The molecule has 6 aromatic rings. The Kier molecular flexibility index (Phi) is 20.8. The summed E-state index contributed by atoms with van der Waals surface area (Å²) in [5.74, 6) is 0.431. The van der Waals surface area contributed by atoms with Crippen LogP contribution in [0.4, 0.5) is 0 Å². The van der Waals surface area contributed by atoms with Crippen molar-refractivity contribution in [3.05, 3.63) is 194 Å². The molecule has 0 saturated heterocycles. The monoisotopic (exact) mass is 906 g/mol. The molecule has 0 unspecified atom stereocenters. The van der Waals surface area contributed by atoms with Crippen LogP contribution in [-0.4, -0.2) is 41.0 Å². The molecule has 67 heavy (non-hydrogen) atoms. The highest BCUT2D eigenvalue weighted by atomic mass is 16.5. The summed E-state index contributed by atoms with van der Waals surface area (Å²) >= 11 is 0. The predicted octanol–water partition coefficient (Wildman–Crippen LogP) is 12.4. The third-order valence-electron chi connectivity index (χ3n) is 11.1. The zero-order valence-electron chi connectivity index (χ0n) is 39.9. The number of carbonyl (C=O) groups is 5. The van der Waals surface area contributed by atoms with Gasteiger partial charge >= 0.3 is 11.9 Å². The van der Waals surface area contributed by atoms with E-state index >= 15 is 0 Å². The Balaban J connectivity index is 0.000000221. The number of rotatable bonds is 19. The summed E-state index contributed by atoms with van der Waals surface area (Å²) in [5, 5.41) is 8.65. The summed E-state index contributed by atoms with van der Waals surface area (Å²) in [4.78, 5) is 57.4. The fourth-order valence-electron chi connectivity index (χ4n) is 6.98. The van der Waals surface area contributed by atoms with E-state index in [1.54, 1.807) is 68.4 Å². The first-order valence-electron chi connectivity index (χ1n) is 22.3. The van der Waals surface area contributed by atoms with E-state index in [9.17, 15) is 24.0 Å². The lowest BCUT2D eigenvalue weighted by Crippen LogP contribution is -2.08. The molecule has 350 valence electrons. The molecule has 0 saturated carbocycles. The molecule has 0 bridgehead atoms. The lowest BCUT2D eigenvalue weighted by atomic mass is 10.0. The number of aliphatic carboxylic acids is 1. The Hall–Kier alpha value is -7.33. The van der Waals surface area contributed by atoms with Gasteiger partial charge in [0.1, 0.15) is 37.1 Å². The summed E-state index contributed by atoms with van der Waals surface area (Å²) < 4.78 is 22.3. The van der Waals surface area contributed by atoms with Crippen molar-refractivity contribution in [1.82, 2.24) is 0 Å². The Labute approximate surface area is 394 Å². The molecule has 0 fully saturated rings. The number of carboxylic acids is 1. The van der Waals surface area contributed by atoms with E-state index in [2.05, 4.69) is 52.0 Å². The molecule has 0 radical (unpaired) electrons. The van der Waals surface area contributed by atoms with E-state index < -0.39 is 5.97 Å². The minimum absolute atomic E-state index is 0.00428. The minimum atomic E-state index is -0.971. The van der Waals surface area contributed by atoms with Gasteiger partial charge in [-0.25, -0.2) is 0 Å². The van der Waals surface area contributed by atoms with Crippen LogP contribution in [0.2, 0.25) is 0 Å². The van der Waals surface area contributed by atoms with E-state index in [0.29, 0.717) is 54.6 Å². The highest BCUT2D eigenvalue weighted by Crippen LogP contribution is 2.23. The van der Waals surface area contributed by atoms with Crippen LogP contribution in [0.15, 0.2) is 127 Å². The van der Waals surface area contributed by atoms with Gasteiger partial charge in [-0.3, -0.25) is 24.0 Å². The Morgan fingerprint density at radius 3 is 1.07 bits per heavy atom. The maximum Gasteiger partial charge on any atom is 0.306 e. The van der Waals surface area contributed by atoms with E-state index in [-0.39, 0.29) is 49.0 Å². The van der Waals surface area contributed by atoms with Gasteiger partial charge in [0.15, 0.2) is 17.3 Å². The molecule has 0 spiro atoms. The standard InChI is InChI=1S/C21H24O4.C19H20O4.C17H18O2/c1-4-24-21(23)12-11-20(22)17-9-6-10-18(13-17)25-14-19-15(2)7-5-8-16(19)3;1-13-5-3-6-14(2)17(13)12-23-16-8-4-7-15(11-16)18(20)9-10-19(21)22;1-12-6-4-7-13(2)17(12)11-19-16-9-5-8-15(10-16)14(3)18/h5-10,13H,4,11-12,14H2,1-3H3;3-8,11H,9-10,12H2,1-2H3,(H,21,22);4-10H,11H2,1-3H3. The fraction of sp³-hybridized carbons (Fsp3) is 0.281. The number of hydrogen-bond acceptors (Lipinski definition) is 9. The van der Waals surface area contributed by atoms with Gasteiger partial charge < -0.3 is 24.1 Å². The molecule has 0 aliphatic carbocycles. The number of benzene rings is 6. The summed E-state index contributed by atoms with van der Waals surface area (Å²) in [5.41, 5.74) is 12.3. The normalized spacial score (nSPS) is 10.3. The number of carboxylic acid groups (broad SMARTS) is 1. The van der Waals surface area contributed by atoms with Crippen LogP contribution >= 0.6 is 0 Å². The van der Waals surface area contributed by atoms with E-state index in [0.717, 1.165) is 16.9 Å². The Bertz CT molecular complexity index is 2580. The van der Waals surface area contributed by atoms with Gasteiger partial charge in [0, 0.05) is 29.5 Å². The lowest BCUT2D eigenvalue weighted by Gasteiger charge is -2.12. The molecule has 10 heteroatoms. The van der Waals surface area contributed by atoms with Crippen molar-refractivity contribution in [1.29, 1.82) is 0 Å². The van der Waals surface area contributed by atoms with Crippen LogP contribution in [-0.2, 0) is 34.1 Å². The second-order valence-electron chi connectivity index (χ2n) is 16.2. The third-order valence-corrected chi connectivity index (χ3v) is 11.1. The average Bonchev–Trinajstić information content (AvgIpc) is 3.30. The van der Waals surface area contributed by atoms with Gasteiger partial charge in [0.05, 0.1) is 19.4 Å². The molecule has 0 atom stereocenters. The summed E-state index contributed by atoms with van der Waals surface area (Å²) in [6.07, 6.45) is 0.0708. The second-order valence-corrected chi connectivity index (χ2v) is 16.2. The predicted molar refractivity (Wildman–Crippen MR) is 261 cm³/mol. The topological polar surface area (TPSA) is 142 Å². The van der Waals surface area contributed by atoms with Crippen molar-refractivity contribution < 1.29 is 48.0 Å². The fourth-order valence-corrected chi connectivity index (χ4v) is 6.98. The van der Waals surface area contributed by atoms with E-state index in [1.807, 2.05) is 62.4 Å². The molecule has 0 aliphatic rings. The van der Waals surface area contributed by atoms with Gasteiger partial charge in [-0.05, 0) is 142 Å². The molecular formula is C57H62O10. The zero-order chi connectivity index (χ0) is 48.9. The maximum atomic E-state index is 12.2. The SMILES string of the molecule is CC(=O)c1cccc(OCc2c(C)cccc2C)c1.CCOC(=O)CCC(=O)c1cccc(OCc2c(C)cccc2C)c1.Cc1cccc(C)c1COc1cccc(C(=O)CCC(=O)O)c1. The smallest absolute Gasteiger partial charge is 0.306 e. The molecule has 10 nitrogen and oxygen atoms in total. The molecule has 6 aromatic carbocycles. The zero-order valence-corrected chi connectivity index (χ0v) is 39.9. The first kappa shape index (κ1) is 52.3. The number of carbonyl (C=O) groups excluding carboxylic acids is 4. The van der Waals surface area contributed by atoms with Crippen molar-refractivity contribution in [2.75, 3.05) is 6.61 Å². The highest BCUT2D eigenvalue weighted by molar-refractivity contribution is 5.98. The van der Waals surface area contributed by atoms with Crippen LogP contribution in [0.3, 0.4) is 0 Å². The summed E-state index contributed by atoms with van der Waals surface area (Å²) in [6.45, 7) is 17.4. The maximum absolute atomic E-state index is 12.2. The number of hydrogen-bond donors (Lipinski definition) is 1. The van der Waals surface area contributed by atoms with E-state index in [4.69, 9.17) is 24.1 Å². The number of ketones is 3. The summed E-state index contributed by atoms with van der Waals surface area (Å²) in [7, 11) is 0. The van der Waals surface area contributed by atoms with Crippen LogP contribution in [0.1, 0.15) is 121 Å². The molecule has 0 amide bonds. The number of aryl methyl sites for hydroxylation is 6. The molecule has 0 aliphatic heterocycles. The van der Waals surface area contributed by atoms with Crippen LogP contribution < -0.4 is 14.2 Å². The van der Waals surface area contributed by atoms with Crippen molar-refractivity contribution in [2.45, 2.75) is 101 Å². The summed E-state index contributed by atoms with van der Waals surface area (Å²) in [6, 6.07) is 39.7. The number of esters is 1. The Morgan fingerprint density at radius 2 is 0.746 bits per heavy atom. The van der Waals surface area contributed by atoms with E-state index in [1.165, 1.54) is 38.9 Å². The number of ether oxygens (including phenoxy) is 4. The van der Waals surface area contributed by atoms with Crippen molar-refractivity contribution in [3.8, 4) is 17.2 Å². The van der Waals surface area contributed by atoms with Gasteiger partial charge in [0.2, 0.25) is 0 Å². The van der Waals surface area contributed by atoms with Gasteiger partial charge in [-0.1, -0.05) is 91.0 Å². The largest absolute Gasteiger partial charge is 0.489 e. The van der Waals surface area contributed by atoms with Crippen LogP contribution in [0, 0.1) is 41.5 Å². The third kappa shape index (κ3) is 17.2. The molecule has 1 N–H and O–H groups in total. The average molecular weight is 907 g/mol. The van der Waals surface area contributed by atoms with Gasteiger partial charge in [-0.15, -0.1) is 0 Å². The van der Waals surface area contributed by atoms with Crippen LogP contribution in [0.5, 0.6) is 17.2 Å². The molecule has 6 rings (SSSR count). The quantitative estimate of drug-likeness (QED) is 0.0616. The second kappa shape index (κ2) is 26.6.